The lowest BCUT2D eigenvalue weighted by molar-refractivity contribution is 0.0374. The van der Waals surface area contributed by atoms with Gasteiger partial charge in [-0.3, -0.25) is 10.3 Å². The topological polar surface area (TPSA) is 113 Å². The van der Waals surface area contributed by atoms with Crippen LogP contribution in [-0.4, -0.2) is 60.4 Å². The van der Waals surface area contributed by atoms with Crippen molar-refractivity contribution in [2.45, 2.75) is 13.0 Å². The van der Waals surface area contributed by atoms with Crippen molar-refractivity contribution >= 4 is 5.84 Å². The zero-order valence-corrected chi connectivity index (χ0v) is 10.9. The molecule has 0 saturated carbocycles. The number of hydrogen-bond acceptors (Lipinski definition) is 7. The molecule has 0 spiro atoms. The van der Waals surface area contributed by atoms with Crippen LogP contribution in [0.3, 0.4) is 0 Å². The van der Waals surface area contributed by atoms with Crippen molar-refractivity contribution in [3.8, 4) is 0 Å². The summed E-state index contributed by atoms with van der Waals surface area (Å²) in [5.74, 6) is -0.119. The van der Waals surface area contributed by atoms with E-state index in [9.17, 15) is 0 Å². The number of rotatable bonds is 7. The van der Waals surface area contributed by atoms with E-state index in [1.807, 2.05) is 0 Å². The van der Waals surface area contributed by atoms with Gasteiger partial charge in [0, 0.05) is 19.6 Å². The molecule has 0 aliphatic carbocycles. The Bertz CT molecular complexity index is 402. The molecule has 0 unspecified atom stereocenters. The van der Waals surface area contributed by atoms with Gasteiger partial charge in [0.05, 0.1) is 13.2 Å². The summed E-state index contributed by atoms with van der Waals surface area (Å²) >= 11 is 0. The average molecular weight is 268 g/mol. The van der Waals surface area contributed by atoms with E-state index in [1.54, 1.807) is 0 Å². The molecule has 2 heterocycles. The van der Waals surface area contributed by atoms with Gasteiger partial charge < -0.3 is 15.8 Å². The van der Waals surface area contributed by atoms with Crippen molar-refractivity contribution in [2.75, 3.05) is 39.4 Å². The fourth-order valence-electron chi connectivity index (χ4n) is 1.99. The first-order valence-corrected chi connectivity index (χ1v) is 6.44. The third-order valence-electron chi connectivity index (χ3n) is 3.04. The summed E-state index contributed by atoms with van der Waals surface area (Å²) in [6.07, 6.45) is 1.06. The maximum Gasteiger partial charge on any atom is 0.173 e. The van der Waals surface area contributed by atoms with Crippen LogP contribution in [0.15, 0.2) is 4.63 Å². The third-order valence-corrected chi connectivity index (χ3v) is 3.04. The highest BCUT2D eigenvalue weighted by Gasteiger charge is 2.12. The molecule has 1 fully saturated rings. The predicted octanol–water partition coefficient (Wildman–Crippen LogP) is -0.834. The minimum atomic E-state index is -0.119. The van der Waals surface area contributed by atoms with E-state index in [0.717, 1.165) is 45.8 Å². The van der Waals surface area contributed by atoms with Crippen LogP contribution in [0.5, 0.6) is 0 Å². The van der Waals surface area contributed by atoms with Crippen LogP contribution in [0.4, 0.5) is 0 Å². The molecule has 8 heteroatoms. The summed E-state index contributed by atoms with van der Waals surface area (Å²) < 4.78 is 9.87. The number of ether oxygens (including phenoxy) is 1. The van der Waals surface area contributed by atoms with E-state index in [2.05, 4.69) is 25.2 Å². The van der Waals surface area contributed by atoms with Crippen molar-refractivity contribution in [1.29, 1.82) is 5.41 Å². The highest BCUT2D eigenvalue weighted by atomic mass is 16.6. The van der Waals surface area contributed by atoms with E-state index in [4.69, 9.17) is 15.9 Å². The molecule has 1 aliphatic rings. The molecule has 1 saturated heterocycles. The standard InChI is InChI=1S/C11H20N6O2/c12-11(13)10-9(15-19-16-10)8-14-2-1-3-17-4-6-18-7-5-17/h14H,1-8H2,(H3,12,13). The van der Waals surface area contributed by atoms with E-state index in [1.165, 1.54) is 0 Å². The van der Waals surface area contributed by atoms with E-state index < -0.39 is 0 Å². The molecule has 4 N–H and O–H groups in total. The molecular formula is C11H20N6O2. The Kier molecular flexibility index (Phi) is 5.25. The van der Waals surface area contributed by atoms with Gasteiger partial charge in [-0.25, -0.2) is 4.63 Å². The van der Waals surface area contributed by atoms with Crippen LogP contribution in [0.25, 0.3) is 0 Å². The lowest BCUT2D eigenvalue weighted by Gasteiger charge is -2.26. The second-order valence-electron chi connectivity index (χ2n) is 4.46. The third kappa shape index (κ3) is 4.27. The van der Waals surface area contributed by atoms with Crippen LogP contribution < -0.4 is 11.1 Å². The maximum atomic E-state index is 7.31. The average Bonchev–Trinajstić information content (AvgIpc) is 2.88. The monoisotopic (exact) mass is 268 g/mol. The summed E-state index contributed by atoms with van der Waals surface area (Å²) in [5.41, 5.74) is 6.26. The van der Waals surface area contributed by atoms with Gasteiger partial charge in [0.25, 0.3) is 0 Å². The molecule has 19 heavy (non-hydrogen) atoms. The van der Waals surface area contributed by atoms with Gasteiger partial charge in [0.2, 0.25) is 0 Å². The summed E-state index contributed by atoms with van der Waals surface area (Å²) in [5, 5.41) is 17.9. The van der Waals surface area contributed by atoms with Crippen LogP contribution in [0, 0.1) is 5.41 Å². The largest absolute Gasteiger partial charge is 0.382 e. The molecule has 0 atom stereocenters. The lowest BCUT2D eigenvalue weighted by atomic mass is 10.3. The van der Waals surface area contributed by atoms with Crippen molar-refractivity contribution in [1.82, 2.24) is 20.5 Å². The van der Waals surface area contributed by atoms with Gasteiger partial charge in [-0.1, -0.05) is 5.16 Å². The molecule has 1 aliphatic heterocycles. The molecule has 8 nitrogen and oxygen atoms in total. The van der Waals surface area contributed by atoms with Crippen molar-refractivity contribution < 1.29 is 9.37 Å². The Balaban J connectivity index is 1.61. The van der Waals surface area contributed by atoms with Crippen LogP contribution in [0.1, 0.15) is 17.8 Å². The lowest BCUT2D eigenvalue weighted by Crippen LogP contribution is -2.37. The summed E-state index contributed by atoms with van der Waals surface area (Å²) in [6, 6.07) is 0. The smallest absolute Gasteiger partial charge is 0.173 e. The van der Waals surface area contributed by atoms with Crippen molar-refractivity contribution in [3.05, 3.63) is 11.4 Å². The first-order valence-electron chi connectivity index (χ1n) is 6.44. The SMILES string of the molecule is N=C(N)c1nonc1CNCCCN1CCOCC1. The Hall–Kier alpha value is -1.51. The van der Waals surface area contributed by atoms with Gasteiger partial charge in [-0.05, 0) is 24.7 Å². The van der Waals surface area contributed by atoms with E-state index in [-0.39, 0.29) is 5.84 Å². The number of nitrogens with one attached hydrogen (secondary N) is 2. The van der Waals surface area contributed by atoms with Crippen molar-refractivity contribution in [2.24, 2.45) is 5.73 Å². The summed E-state index contributed by atoms with van der Waals surface area (Å²) in [4.78, 5) is 2.39. The summed E-state index contributed by atoms with van der Waals surface area (Å²) in [6.45, 7) is 6.15. The molecule has 0 amide bonds. The van der Waals surface area contributed by atoms with Crippen LogP contribution in [-0.2, 0) is 11.3 Å². The zero-order chi connectivity index (χ0) is 13.5. The van der Waals surface area contributed by atoms with Gasteiger partial charge in [0.15, 0.2) is 5.69 Å². The van der Waals surface area contributed by atoms with E-state index in [0.29, 0.717) is 17.9 Å². The van der Waals surface area contributed by atoms with Gasteiger partial charge >= 0.3 is 0 Å². The van der Waals surface area contributed by atoms with Gasteiger partial charge in [-0.15, -0.1) is 0 Å². The van der Waals surface area contributed by atoms with Crippen molar-refractivity contribution in [3.63, 3.8) is 0 Å². The summed E-state index contributed by atoms with van der Waals surface area (Å²) in [7, 11) is 0. The first-order chi connectivity index (χ1) is 9.27. The number of nitrogens with two attached hydrogens (primary N) is 1. The molecule has 0 aromatic carbocycles. The second kappa shape index (κ2) is 7.17. The molecular weight excluding hydrogens is 248 g/mol. The molecule has 0 bridgehead atoms. The van der Waals surface area contributed by atoms with Gasteiger partial charge in [-0.2, -0.15) is 0 Å². The van der Waals surface area contributed by atoms with E-state index >= 15 is 0 Å². The molecule has 1 aromatic rings. The normalized spacial score (nSPS) is 16.6. The van der Waals surface area contributed by atoms with Gasteiger partial charge in [0.1, 0.15) is 11.5 Å². The van der Waals surface area contributed by atoms with Crippen LogP contribution in [0.2, 0.25) is 0 Å². The fourth-order valence-corrected chi connectivity index (χ4v) is 1.99. The number of amidine groups is 1. The predicted molar refractivity (Wildman–Crippen MR) is 68.9 cm³/mol. The number of aromatic nitrogens is 2. The number of nitrogens with zero attached hydrogens (tertiary/aromatic N) is 3. The quantitative estimate of drug-likeness (QED) is 0.336. The zero-order valence-electron chi connectivity index (χ0n) is 10.9. The fraction of sp³-hybridized carbons (Fsp3) is 0.727. The maximum absolute atomic E-state index is 7.31. The molecule has 2 rings (SSSR count). The minimum absolute atomic E-state index is 0.119. The molecule has 0 radical (unpaired) electrons. The molecule has 1 aromatic heterocycles. The Morgan fingerprint density at radius 2 is 2.16 bits per heavy atom. The second-order valence-corrected chi connectivity index (χ2v) is 4.46. The molecule has 106 valence electrons. The number of morpholine rings is 1. The minimum Gasteiger partial charge on any atom is -0.382 e. The number of hydrogen-bond donors (Lipinski definition) is 3. The highest BCUT2D eigenvalue weighted by molar-refractivity contribution is 5.93. The van der Waals surface area contributed by atoms with Crippen LogP contribution >= 0.6 is 0 Å². The highest BCUT2D eigenvalue weighted by Crippen LogP contribution is 2.01. The Morgan fingerprint density at radius 3 is 2.89 bits per heavy atom. The Morgan fingerprint density at radius 1 is 1.37 bits per heavy atom. The first kappa shape index (κ1) is 13.9. The number of nitrogen functional groups attached to an aromatic ring is 1. The Labute approximate surface area is 111 Å².